The molecule has 2 nitrogen and oxygen atoms in total. The van der Waals surface area contributed by atoms with Crippen molar-refractivity contribution in [1.82, 2.24) is 0 Å². The Kier molecular flexibility index (Phi) is 3.78. The Bertz CT molecular complexity index is 660. The average Bonchev–Trinajstić information content (AvgIpc) is 2.90. The first-order valence-electron chi connectivity index (χ1n) is 7.64. The van der Waals surface area contributed by atoms with E-state index in [2.05, 4.69) is 26.0 Å². The topological polar surface area (TPSA) is 20.3 Å². The maximum absolute atomic E-state index is 12.8. The van der Waals surface area contributed by atoms with Gasteiger partial charge in [-0.15, -0.1) is 0 Å². The highest BCUT2D eigenvalue weighted by atomic mass is 16.2. The fourth-order valence-corrected chi connectivity index (χ4v) is 3.01. The van der Waals surface area contributed by atoms with Crippen LogP contribution in [0.15, 0.2) is 48.5 Å². The van der Waals surface area contributed by atoms with Crippen molar-refractivity contribution in [2.24, 2.45) is 5.92 Å². The summed E-state index contributed by atoms with van der Waals surface area (Å²) in [5, 5.41) is 0. The van der Waals surface area contributed by atoms with Gasteiger partial charge >= 0.3 is 0 Å². The summed E-state index contributed by atoms with van der Waals surface area (Å²) in [6.07, 6.45) is 1.96. The Morgan fingerprint density at radius 1 is 1.14 bits per heavy atom. The van der Waals surface area contributed by atoms with E-state index in [1.54, 1.807) is 0 Å². The van der Waals surface area contributed by atoms with E-state index in [9.17, 15) is 4.79 Å². The molecule has 108 valence electrons. The van der Waals surface area contributed by atoms with Gasteiger partial charge in [-0.25, -0.2) is 0 Å². The number of benzene rings is 2. The normalized spacial score (nSPS) is 13.6. The van der Waals surface area contributed by atoms with Crippen LogP contribution in [-0.2, 0) is 12.8 Å². The molecular formula is C19H21NO. The van der Waals surface area contributed by atoms with Crippen LogP contribution < -0.4 is 4.90 Å². The van der Waals surface area contributed by atoms with E-state index in [4.69, 9.17) is 0 Å². The lowest BCUT2D eigenvalue weighted by molar-refractivity contribution is 0.0989. The lowest BCUT2D eigenvalue weighted by Crippen LogP contribution is -2.28. The number of para-hydroxylation sites is 1. The fourth-order valence-electron chi connectivity index (χ4n) is 3.01. The second-order valence-corrected chi connectivity index (χ2v) is 6.13. The van der Waals surface area contributed by atoms with Crippen molar-refractivity contribution in [1.29, 1.82) is 0 Å². The van der Waals surface area contributed by atoms with E-state index < -0.39 is 0 Å². The number of hydrogen-bond acceptors (Lipinski definition) is 1. The summed E-state index contributed by atoms with van der Waals surface area (Å²) in [6.45, 7) is 5.18. The van der Waals surface area contributed by atoms with E-state index in [-0.39, 0.29) is 5.91 Å². The summed E-state index contributed by atoms with van der Waals surface area (Å²) in [5.41, 5.74) is 4.37. The van der Waals surface area contributed by atoms with E-state index in [1.165, 1.54) is 11.1 Å². The molecule has 1 heterocycles. The number of fused-ring (bicyclic) bond motifs is 1. The van der Waals surface area contributed by atoms with E-state index >= 15 is 0 Å². The lowest BCUT2D eigenvalue weighted by atomic mass is 10.0. The van der Waals surface area contributed by atoms with Crippen LogP contribution in [0, 0.1) is 5.92 Å². The van der Waals surface area contributed by atoms with Crippen LogP contribution in [0.2, 0.25) is 0 Å². The second kappa shape index (κ2) is 5.72. The number of nitrogens with zero attached hydrogens (tertiary/aromatic N) is 1. The van der Waals surface area contributed by atoms with Gasteiger partial charge in [0.1, 0.15) is 0 Å². The van der Waals surface area contributed by atoms with Crippen molar-refractivity contribution in [3.63, 3.8) is 0 Å². The number of hydrogen-bond donors (Lipinski definition) is 0. The smallest absolute Gasteiger partial charge is 0.258 e. The zero-order chi connectivity index (χ0) is 14.8. The number of anilines is 1. The number of amides is 1. The maximum atomic E-state index is 12.8. The summed E-state index contributed by atoms with van der Waals surface area (Å²) in [4.78, 5) is 14.7. The predicted octanol–water partition coefficient (Wildman–Crippen LogP) is 4.09. The van der Waals surface area contributed by atoms with Crippen LogP contribution in [-0.4, -0.2) is 12.5 Å². The van der Waals surface area contributed by atoms with E-state index in [0.717, 1.165) is 30.6 Å². The number of carbonyl (C=O) groups is 1. The number of carbonyl (C=O) groups excluding carboxylic acids is 1. The van der Waals surface area contributed by atoms with E-state index in [1.807, 2.05) is 41.3 Å². The Balaban J connectivity index is 1.86. The van der Waals surface area contributed by atoms with Gasteiger partial charge in [0.25, 0.3) is 5.91 Å². The zero-order valence-electron chi connectivity index (χ0n) is 12.7. The van der Waals surface area contributed by atoms with Crippen molar-refractivity contribution >= 4 is 11.6 Å². The van der Waals surface area contributed by atoms with Gasteiger partial charge in [0.05, 0.1) is 0 Å². The minimum absolute atomic E-state index is 0.116. The van der Waals surface area contributed by atoms with Crippen molar-refractivity contribution < 1.29 is 4.79 Å². The van der Waals surface area contributed by atoms with Crippen molar-refractivity contribution in [2.75, 3.05) is 11.4 Å². The highest BCUT2D eigenvalue weighted by molar-refractivity contribution is 6.07. The zero-order valence-corrected chi connectivity index (χ0v) is 12.7. The second-order valence-electron chi connectivity index (χ2n) is 6.13. The summed E-state index contributed by atoms with van der Waals surface area (Å²) in [6, 6.07) is 16.3. The molecule has 0 saturated carbocycles. The quantitative estimate of drug-likeness (QED) is 0.828. The predicted molar refractivity (Wildman–Crippen MR) is 86.8 cm³/mol. The Labute approximate surface area is 126 Å². The Hall–Kier alpha value is -2.09. The molecule has 2 aromatic carbocycles. The molecule has 0 aliphatic carbocycles. The summed E-state index contributed by atoms with van der Waals surface area (Å²) < 4.78 is 0. The molecule has 1 aliphatic heterocycles. The maximum Gasteiger partial charge on any atom is 0.258 e. The van der Waals surface area contributed by atoms with Crippen LogP contribution in [0.3, 0.4) is 0 Å². The van der Waals surface area contributed by atoms with Gasteiger partial charge < -0.3 is 4.90 Å². The Morgan fingerprint density at radius 2 is 1.95 bits per heavy atom. The first-order chi connectivity index (χ1) is 10.1. The molecule has 2 aromatic rings. The molecule has 0 spiro atoms. The molecule has 0 fully saturated rings. The van der Waals surface area contributed by atoms with Crippen molar-refractivity contribution in [3.8, 4) is 0 Å². The molecule has 2 heteroatoms. The van der Waals surface area contributed by atoms with Crippen molar-refractivity contribution in [2.45, 2.75) is 26.7 Å². The molecule has 1 amide bonds. The monoisotopic (exact) mass is 279 g/mol. The molecule has 0 saturated heterocycles. The molecule has 0 radical (unpaired) electrons. The molecular weight excluding hydrogens is 258 g/mol. The van der Waals surface area contributed by atoms with Crippen LogP contribution in [0.1, 0.15) is 35.3 Å². The molecule has 1 aliphatic rings. The van der Waals surface area contributed by atoms with E-state index in [0.29, 0.717) is 5.92 Å². The van der Waals surface area contributed by atoms with Crippen molar-refractivity contribution in [3.05, 3.63) is 65.2 Å². The molecule has 0 atom stereocenters. The first kappa shape index (κ1) is 13.9. The summed E-state index contributed by atoms with van der Waals surface area (Å²) in [5.74, 6) is 0.716. The molecule has 0 N–H and O–H groups in total. The fraction of sp³-hybridized carbons (Fsp3) is 0.316. The van der Waals surface area contributed by atoms with Crippen LogP contribution in [0.4, 0.5) is 5.69 Å². The third-order valence-electron chi connectivity index (χ3n) is 3.95. The molecule has 3 rings (SSSR count). The molecule has 0 bridgehead atoms. The van der Waals surface area contributed by atoms with Gasteiger partial charge in [-0.05, 0) is 48.1 Å². The SMILES string of the molecule is CC(C)Cc1cccc(C(=O)N2CCc3ccccc32)c1. The molecule has 0 unspecified atom stereocenters. The van der Waals surface area contributed by atoms with Gasteiger partial charge in [-0.2, -0.15) is 0 Å². The highest BCUT2D eigenvalue weighted by Crippen LogP contribution is 2.29. The number of rotatable bonds is 3. The minimum atomic E-state index is 0.116. The third-order valence-corrected chi connectivity index (χ3v) is 3.95. The third kappa shape index (κ3) is 2.85. The average molecular weight is 279 g/mol. The first-order valence-corrected chi connectivity index (χ1v) is 7.64. The minimum Gasteiger partial charge on any atom is -0.308 e. The highest BCUT2D eigenvalue weighted by Gasteiger charge is 2.25. The molecule has 0 aromatic heterocycles. The van der Waals surface area contributed by atoms with Gasteiger partial charge in [0.2, 0.25) is 0 Å². The summed E-state index contributed by atoms with van der Waals surface area (Å²) >= 11 is 0. The largest absolute Gasteiger partial charge is 0.308 e. The lowest BCUT2D eigenvalue weighted by Gasteiger charge is -2.18. The van der Waals surface area contributed by atoms with Gasteiger partial charge in [0, 0.05) is 17.8 Å². The van der Waals surface area contributed by atoms with Crippen LogP contribution in [0.25, 0.3) is 0 Å². The van der Waals surface area contributed by atoms with Crippen LogP contribution in [0.5, 0.6) is 0 Å². The standard InChI is InChI=1S/C19H21NO/c1-14(2)12-15-6-5-8-17(13-15)19(21)20-11-10-16-7-3-4-9-18(16)20/h3-9,13-14H,10-12H2,1-2H3. The van der Waals surface area contributed by atoms with Gasteiger partial charge in [0.15, 0.2) is 0 Å². The van der Waals surface area contributed by atoms with Crippen LogP contribution >= 0.6 is 0 Å². The summed E-state index contributed by atoms with van der Waals surface area (Å²) in [7, 11) is 0. The Morgan fingerprint density at radius 3 is 2.76 bits per heavy atom. The van der Waals surface area contributed by atoms with Gasteiger partial charge in [-0.3, -0.25) is 4.79 Å². The van der Waals surface area contributed by atoms with Gasteiger partial charge in [-0.1, -0.05) is 44.2 Å². The molecule has 21 heavy (non-hydrogen) atoms.